The van der Waals surface area contributed by atoms with E-state index in [9.17, 15) is 9.59 Å². The van der Waals surface area contributed by atoms with Crippen molar-refractivity contribution in [2.75, 3.05) is 33.3 Å². The lowest BCUT2D eigenvalue weighted by molar-refractivity contribution is -0.148. The maximum absolute atomic E-state index is 13.1. The number of carbonyl (C=O) groups excluding carboxylic acids is 2. The minimum Gasteiger partial charge on any atom is -0.468 e. The Morgan fingerprint density at radius 1 is 1.06 bits per heavy atom. The molecule has 1 N–H and O–H groups in total. The van der Waals surface area contributed by atoms with Gasteiger partial charge in [0.15, 0.2) is 0 Å². The molecule has 1 aliphatic rings. The number of H-pyrrole nitrogens is 1. The number of rotatable bonds is 4. The number of methoxy groups -OCH3 is 1. The molecule has 0 radical (unpaired) electrons. The molecule has 2 heterocycles. The molecule has 0 spiro atoms. The molecule has 1 saturated heterocycles. The van der Waals surface area contributed by atoms with E-state index in [2.05, 4.69) is 11.9 Å². The Morgan fingerprint density at radius 2 is 1.77 bits per heavy atom. The Kier molecular flexibility index (Phi) is 6.03. The molecule has 0 bridgehead atoms. The minimum atomic E-state index is -0.585. The maximum Gasteiger partial charge on any atom is 0.327 e. The van der Waals surface area contributed by atoms with Crippen molar-refractivity contribution in [1.82, 2.24) is 14.8 Å². The molecular weight excluding hydrogens is 414 g/mol. The second kappa shape index (κ2) is 8.73. The third-order valence-corrected chi connectivity index (χ3v) is 6.49. The lowest BCUT2D eigenvalue weighted by Gasteiger charge is -2.38. The largest absolute Gasteiger partial charge is 0.468 e. The lowest BCUT2D eigenvalue weighted by atomic mass is 10.0. The van der Waals surface area contributed by atoms with Gasteiger partial charge in [0.2, 0.25) is 0 Å². The number of hydrogen-bond acceptors (Lipinski definition) is 4. The fraction of sp³-hybridized carbons (Fsp3) is 0.333. The molecule has 2 aromatic carbocycles. The van der Waals surface area contributed by atoms with Gasteiger partial charge in [0.25, 0.3) is 5.91 Å². The quantitative estimate of drug-likeness (QED) is 0.621. The highest BCUT2D eigenvalue weighted by Crippen LogP contribution is 2.30. The number of fused-ring (bicyclic) bond motifs is 1. The van der Waals surface area contributed by atoms with Gasteiger partial charge in [0.05, 0.1) is 7.11 Å². The zero-order chi connectivity index (χ0) is 22.1. The third kappa shape index (κ3) is 4.05. The fourth-order valence-electron chi connectivity index (χ4n) is 4.24. The van der Waals surface area contributed by atoms with Gasteiger partial charge in [-0.05, 0) is 49.2 Å². The van der Waals surface area contributed by atoms with Gasteiger partial charge in [-0.25, -0.2) is 4.79 Å². The Labute approximate surface area is 186 Å². The number of esters is 1. The second-order valence-electron chi connectivity index (χ2n) is 7.91. The predicted molar refractivity (Wildman–Crippen MR) is 121 cm³/mol. The molecule has 0 aliphatic carbocycles. The van der Waals surface area contributed by atoms with E-state index < -0.39 is 6.04 Å². The van der Waals surface area contributed by atoms with E-state index in [1.54, 1.807) is 6.07 Å². The number of aryl methyl sites for hydroxylation is 2. The topological polar surface area (TPSA) is 65.6 Å². The summed E-state index contributed by atoms with van der Waals surface area (Å²) in [6, 6.07) is 12.5. The van der Waals surface area contributed by atoms with Gasteiger partial charge in [-0.2, -0.15) is 0 Å². The zero-order valence-electron chi connectivity index (χ0n) is 17.9. The van der Waals surface area contributed by atoms with Crippen molar-refractivity contribution in [2.24, 2.45) is 0 Å². The molecule has 1 atom stereocenters. The summed E-state index contributed by atoms with van der Waals surface area (Å²) < 4.78 is 5.05. The Bertz CT molecular complexity index is 1130. The summed E-state index contributed by atoms with van der Waals surface area (Å²) in [6.45, 7) is 6.26. The summed E-state index contributed by atoms with van der Waals surface area (Å²) in [5.74, 6) is -0.344. The van der Waals surface area contributed by atoms with Crippen LogP contribution in [-0.2, 0) is 9.53 Å². The second-order valence-corrected chi connectivity index (χ2v) is 8.32. The van der Waals surface area contributed by atoms with Gasteiger partial charge in [0, 0.05) is 53.4 Å². The van der Waals surface area contributed by atoms with E-state index in [1.807, 2.05) is 53.1 Å². The number of aromatic nitrogens is 1. The number of aromatic amines is 1. The number of amides is 1. The van der Waals surface area contributed by atoms with Crippen LogP contribution < -0.4 is 0 Å². The van der Waals surface area contributed by atoms with Crippen LogP contribution in [0.2, 0.25) is 5.02 Å². The van der Waals surface area contributed by atoms with Gasteiger partial charge in [-0.1, -0.05) is 29.8 Å². The van der Waals surface area contributed by atoms with E-state index in [1.165, 1.54) is 7.11 Å². The summed E-state index contributed by atoms with van der Waals surface area (Å²) in [5.41, 5.74) is 4.71. The first-order valence-corrected chi connectivity index (χ1v) is 10.7. The molecule has 1 aromatic heterocycles. The lowest BCUT2D eigenvalue weighted by Crippen LogP contribution is -2.51. The molecule has 0 saturated carbocycles. The Morgan fingerprint density at radius 3 is 2.45 bits per heavy atom. The maximum atomic E-state index is 13.1. The molecule has 1 unspecified atom stereocenters. The molecule has 1 fully saturated rings. The van der Waals surface area contributed by atoms with E-state index in [-0.39, 0.29) is 11.9 Å². The average Bonchev–Trinajstić information content (AvgIpc) is 3.08. The van der Waals surface area contributed by atoms with Crippen LogP contribution in [0.4, 0.5) is 0 Å². The number of benzene rings is 2. The van der Waals surface area contributed by atoms with E-state index in [0.717, 1.165) is 27.7 Å². The highest BCUT2D eigenvalue weighted by molar-refractivity contribution is 6.31. The van der Waals surface area contributed by atoms with Gasteiger partial charge >= 0.3 is 5.97 Å². The zero-order valence-corrected chi connectivity index (χ0v) is 18.7. The van der Waals surface area contributed by atoms with Crippen LogP contribution in [0.15, 0.2) is 42.5 Å². The number of piperazine rings is 1. The van der Waals surface area contributed by atoms with Crippen molar-refractivity contribution < 1.29 is 14.3 Å². The predicted octanol–water partition coefficient (Wildman–Crippen LogP) is 4.11. The van der Waals surface area contributed by atoms with Crippen LogP contribution in [0.3, 0.4) is 0 Å². The van der Waals surface area contributed by atoms with Crippen LogP contribution in [-0.4, -0.2) is 59.9 Å². The monoisotopic (exact) mass is 439 g/mol. The van der Waals surface area contributed by atoms with Gasteiger partial charge in [-0.15, -0.1) is 0 Å². The highest BCUT2D eigenvalue weighted by Gasteiger charge is 2.33. The minimum absolute atomic E-state index is 0.00663. The first kappa shape index (κ1) is 21.4. The molecular formula is C24H26ClN3O3. The first-order chi connectivity index (χ1) is 14.9. The van der Waals surface area contributed by atoms with Crippen molar-refractivity contribution in [3.8, 4) is 0 Å². The SMILES string of the molecule is COC(=O)C(c1ccccc1Cl)N1CCN(C(=O)c2ccc3[nH]c(C)c(C)c3c2)CC1. The number of carbonyl (C=O) groups is 2. The van der Waals surface area contributed by atoms with Crippen molar-refractivity contribution in [1.29, 1.82) is 0 Å². The first-order valence-electron chi connectivity index (χ1n) is 10.3. The van der Waals surface area contributed by atoms with E-state index >= 15 is 0 Å². The highest BCUT2D eigenvalue weighted by atomic mass is 35.5. The summed E-state index contributed by atoms with van der Waals surface area (Å²) in [5, 5.41) is 1.60. The molecule has 7 heteroatoms. The van der Waals surface area contributed by atoms with Crippen molar-refractivity contribution in [3.63, 3.8) is 0 Å². The third-order valence-electron chi connectivity index (χ3n) is 6.15. The summed E-state index contributed by atoms with van der Waals surface area (Å²) in [7, 11) is 1.38. The summed E-state index contributed by atoms with van der Waals surface area (Å²) in [4.78, 5) is 32.9. The summed E-state index contributed by atoms with van der Waals surface area (Å²) >= 11 is 6.36. The summed E-state index contributed by atoms with van der Waals surface area (Å²) in [6.07, 6.45) is 0. The Balaban J connectivity index is 1.51. The normalized spacial score (nSPS) is 15.8. The average molecular weight is 440 g/mol. The van der Waals surface area contributed by atoms with Gasteiger partial charge in [-0.3, -0.25) is 9.69 Å². The van der Waals surface area contributed by atoms with Crippen LogP contribution in [0.25, 0.3) is 10.9 Å². The van der Waals surface area contributed by atoms with Gasteiger partial charge < -0.3 is 14.6 Å². The molecule has 1 amide bonds. The van der Waals surface area contributed by atoms with Crippen LogP contribution >= 0.6 is 11.6 Å². The smallest absolute Gasteiger partial charge is 0.327 e. The fourth-order valence-corrected chi connectivity index (χ4v) is 4.48. The molecule has 1 aliphatic heterocycles. The van der Waals surface area contributed by atoms with Crippen molar-refractivity contribution in [3.05, 3.63) is 69.9 Å². The van der Waals surface area contributed by atoms with Crippen LogP contribution in [0.1, 0.15) is 33.2 Å². The number of halogens is 1. The number of nitrogens with one attached hydrogen (secondary N) is 1. The molecule has 31 heavy (non-hydrogen) atoms. The standard InChI is InChI=1S/C24H26ClN3O3/c1-15-16(2)26-21-9-8-17(14-19(15)21)23(29)28-12-10-27(11-13-28)22(24(30)31-3)18-6-4-5-7-20(18)25/h4-9,14,22,26H,10-13H2,1-3H3. The van der Waals surface area contributed by atoms with E-state index in [4.69, 9.17) is 16.3 Å². The molecule has 6 nitrogen and oxygen atoms in total. The molecule has 3 aromatic rings. The Hall–Kier alpha value is -2.83. The van der Waals surface area contributed by atoms with Gasteiger partial charge in [0.1, 0.15) is 6.04 Å². The molecule has 162 valence electrons. The number of hydrogen-bond donors (Lipinski definition) is 1. The van der Waals surface area contributed by atoms with E-state index in [0.29, 0.717) is 36.8 Å². The van der Waals surface area contributed by atoms with Crippen LogP contribution in [0, 0.1) is 13.8 Å². The van der Waals surface area contributed by atoms with Crippen molar-refractivity contribution in [2.45, 2.75) is 19.9 Å². The van der Waals surface area contributed by atoms with Crippen molar-refractivity contribution >= 4 is 34.4 Å². The number of ether oxygens (including phenoxy) is 1. The van der Waals surface area contributed by atoms with Crippen LogP contribution in [0.5, 0.6) is 0 Å². The number of nitrogens with zero attached hydrogens (tertiary/aromatic N) is 2. The molecule has 4 rings (SSSR count).